The largest absolute Gasteiger partial charge is 0.493 e. The number of hydrogen-bond donors (Lipinski definition) is 1. The summed E-state index contributed by atoms with van der Waals surface area (Å²) in [6, 6.07) is 5.42. The summed E-state index contributed by atoms with van der Waals surface area (Å²) in [6.45, 7) is 0. The summed E-state index contributed by atoms with van der Waals surface area (Å²) in [5.41, 5.74) is 0.807. The second-order valence-electron chi connectivity index (χ2n) is 5.33. The molecule has 1 unspecified atom stereocenters. The lowest BCUT2D eigenvalue weighted by molar-refractivity contribution is -0.140. The summed E-state index contributed by atoms with van der Waals surface area (Å²) < 4.78 is 10.5. The van der Waals surface area contributed by atoms with Crippen LogP contribution in [-0.4, -0.2) is 25.3 Å². The maximum absolute atomic E-state index is 11.7. The predicted octanol–water partition coefficient (Wildman–Crippen LogP) is 3.45. The molecule has 2 rings (SSSR count). The number of carbonyl (C=O) groups is 1. The van der Waals surface area contributed by atoms with Crippen molar-refractivity contribution < 1.29 is 19.4 Å². The molecule has 1 aromatic carbocycles. The Morgan fingerprint density at radius 1 is 1.15 bits per heavy atom. The van der Waals surface area contributed by atoms with Gasteiger partial charge in [-0.05, 0) is 36.5 Å². The van der Waals surface area contributed by atoms with E-state index in [1.165, 1.54) is 6.42 Å². The summed E-state index contributed by atoms with van der Waals surface area (Å²) in [4.78, 5) is 11.7. The minimum Gasteiger partial charge on any atom is -0.493 e. The smallest absolute Gasteiger partial charge is 0.311 e. The SMILES string of the molecule is COc1ccc(C(C(=O)O)C2CCCCC2)cc1OC. The van der Waals surface area contributed by atoms with Gasteiger partial charge in [-0.25, -0.2) is 0 Å². The van der Waals surface area contributed by atoms with E-state index in [9.17, 15) is 9.90 Å². The zero-order valence-electron chi connectivity index (χ0n) is 12.1. The van der Waals surface area contributed by atoms with E-state index in [1.54, 1.807) is 26.4 Å². The summed E-state index contributed by atoms with van der Waals surface area (Å²) in [7, 11) is 3.14. The van der Waals surface area contributed by atoms with E-state index in [4.69, 9.17) is 9.47 Å². The first kappa shape index (κ1) is 14.7. The van der Waals surface area contributed by atoms with Gasteiger partial charge < -0.3 is 14.6 Å². The molecule has 4 nitrogen and oxygen atoms in total. The Balaban J connectivity index is 2.31. The van der Waals surface area contributed by atoms with Crippen molar-refractivity contribution in [2.24, 2.45) is 5.92 Å². The number of ether oxygens (including phenoxy) is 2. The van der Waals surface area contributed by atoms with Crippen LogP contribution in [0.5, 0.6) is 11.5 Å². The number of benzene rings is 1. The van der Waals surface area contributed by atoms with E-state index in [0.29, 0.717) is 11.5 Å². The normalized spacial score (nSPS) is 17.5. The van der Waals surface area contributed by atoms with Crippen molar-refractivity contribution in [2.45, 2.75) is 38.0 Å². The molecule has 0 aromatic heterocycles. The van der Waals surface area contributed by atoms with Crippen LogP contribution in [0.1, 0.15) is 43.6 Å². The Kier molecular flexibility index (Phi) is 4.88. The minimum absolute atomic E-state index is 0.222. The third kappa shape index (κ3) is 3.06. The highest BCUT2D eigenvalue weighted by molar-refractivity contribution is 5.77. The van der Waals surface area contributed by atoms with E-state index in [-0.39, 0.29) is 5.92 Å². The van der Waals surface area contributed by atoms with Crippen LogP contribution in [0.25, 0.3) is 0 Å². The fourth-order valence-electron chi connectivity index (χ4n) is 3.13. The Morgan fingerprint density at radius 3 is 2.35 bits per heavy atom. The topological polar surface area (TPSA) is 55.8 Å². The molecule has 1 aromatic rings. The maximum Gasteiger partial charge on any atom is 0.311 e. The van der Waals surface area contributed by atoms with Crippen LogP contribution in [0, 0.1) is 5.92 Å². The van der Waals surface area contributed by atoms with Gasteiger partial charge in [0.05, 0.1) is 20.1 Å². The van der Waals surface area contributed by atoms with Crippen molar-refractivity contribution >= 4 is 5.97 Å². The van der Waals surface area contributed by atoms with E-state index < -0.39 is 11.9 Å². The average molecular weight is 278 g/mol. The third-order valence-electron chi connectivity index (χ3n) is 4.15. The molecule has 20 heavy (non-hydrogen) atoms. The Hall–Kier alpha value is -1.71. The fraction of sp³-hybridized carbons (Fsp3) is 0.562. The molecule has 1 aliphatic carbocycles. The first-order valence-electron chi connectivity index (χ1n) is 7.12. The molecule has 0 bridgehead atoms. The van der Waals surface area contributed by atoms with Gasteiger partial charge in [0.15, 0.2) is 11.5 Å². The molecule has 0 spiro atoms. The number of carboxylic acids is 1. The number of rotatable bonds is 5. The van der Waals surface area contributed by atoms with Crippen LogP contribution >= 0.6 is 0 Å². The van der Waals surface area contributed by atoms with E-state index in [2.05, 4.69) is 0 Å². The molecule has 1 saturated carbocycles. The second kappa shape index (κ2) is 6.64. The van der Waals surface area contributed by atoms with Crippen molar-refractivity contribution in [1.29, 1.82) is 0 Å². The maximum atomic E-state index is 11.7. The summed E-state index contributed by atoms with van der Waals surface area (Å²) in [5.74, 6) is 0.245. The Labute approximate surface area is 119 Å². The lowest BCUT2D eigenvalue weighted by Gasteiger charge is -2.28. The third-order valence-corrected chi connectivity index (χ3v) is 4.15. The molecule has 0 radical (unpaired) electrons. The van der Waals surface area contributed by atoms with E-state index in [1.807, 2.05) is 6.07 Å². The van der Waals surface area contributed by atoms with Gasteiger partial charge in [-0.1, -0.05) is 25.3 Å². The van der Waals surface area contributed by atoms with E-state index in [0.717, 1.165) is 31.2 Å². The zero-order chi connectivity index (χ0) is 14.5. The highest BCUT2D eigenvalue weighted by Gasteiger charge is 2.31. The first-order valence-corrected chi connectivity index (χ1v) is 7.12. The minimum atomic E-state index is -0.746. The summed E-state index contributed by atoms with van der Waals surface area (Å²) in [5, 5.41) is 9.60. The molecule has 110 valence electrons. The quantitative estimate of drug-likeness (QED) is 0.896. The number of methoxy groups -OCH3 is 2. The van der Waals surface area contributed by atoms with Gasteiger partial charge in [0.25, 0.3) is 0 Å². The fourth-order valence-corrected chi connectivity index (χ4v) is 3.13. The molecule has 1 N–H and O–H groups in total. The van der Waals surface area contributed by atoms with Gasteiger partial charge in [0.2, 0.25) is 0 Å². The van der Waals surface area contributed by atoms with Gasteiger partial charge >= 0.3 is 5.97 Å². The molecular formula is C16H22O4. The molecule has 1 aliphatic rings. The van der Waals surface area contributed by atoms with Crippen LogP contribution in [0.3, 0.4) is 0 Å². The molecule has 0 heterocycles. The number of hydrogen-bond acceptors (Lipinski definition) is 3. The average Bonchev–Trinajstić information content (AvgIpc) is 2.48. The molecule has 4 heteroatoms. The Morgan fingerprint density at radius 2 is 1.80 bits per heavy atom. The molecular weight excluding hydrogens is 256 g/mol. The highest BCUT2D eigenvalue weighted by atomic mass is 16.5. The summed E-state index contributed by atoms with van der Waals surface area (Å²) in [6.07, 6.45) is 5.45. The molecule has 1 fully saturated rings. The predicted molar refractivity (Wildman–Crippen MR) is 76.5 cm³/mol. The lowest BCUT2D eigenvalue weighted by atomic mass is 9.77. The van der Waals surface area contributed by atoms with Crippen molar-refractivity contribution in [3.63, 3.8) is 0 Å². The van der Waals surface area contributed by atoms with Crippen LogP contribution in [0.4, 0.5) is 0 Å². The zero-order valence-corrected chi connectivity index (χ0v) is 12.1. The van der Waals surface area contributed by atoms with Crippen molar-refractivity contribution in [2.75, 3.05) is 14.2 Å². The van der Waals surface area contributed by atoms with Gasteiger partial charge in [0, 0.05) is 0 Å². The molecule has 0 saturated heterocycles. The van der Waals surface area contributed by atoms with Gasteiger partial charge in [0.1, 0.15) is 0 Å². The van der Waals surface area contributed by atoms with Crippen molar-refractivity contribution in [1.82, 2.24) is 0 Å². The molecule has 0 aliphatic heterocycles. The van der Waals surface area contributed by atoms with Crippen LogP contribution in [0.2, 0.25) is 0 Å². The van der Waals surface area contributed by atoms with Gasteiger partial charge in [-0.3, -0.25) is 4.79 Å². The van der Waals surface area contributed by atoms with E-state index >= 15 is 0 Å². The highest BCUT2D eigenvalue weighted by Crippen LogP contribution is 2.39. The van der Waals surface area contributed by atoms with Crippen LogP contribution in [0.15, 0.2) is 18.2 Å². The molecule has 1 atom stereocenters. The van der Waals surface area contributed by atoms with Crippen LogP contribution < -0.4 is 9.47 Å². The standard InChI is InChI=1S/C16H22O4/c1-19-13-9-8-12(10-14(13)20-2)15(16(17)18)11-6-4-3-5-7-11/h8-11,15H,3-7H2,1-2H3,(H,17,18). The summed E-state index contributed by atoms with van der Waals surface area (Å²) >= 11 is 0. The van der Waals surface area contributed by atoms with Crippen molar-refractivity contribution in [3.05, 3.63) is 23.8 Å². The number of aliphatic carboxylic acids is 1. The number of carboxylic acid groups (broad SMARTS) is 1. The monoisotopic (exact) mass is 278 g/mol. The van der Waals surface area contributed by atoms with Crippen molar-refractivity contribution in [3.8, 4) is 11.5 Å². The van der Waals surface area contributed by atoms with Crippen LogP contribution in [-0.2, 0) is 4.79 Å². The molecule has 0 amide bonds. The Bertz CT molecular complexity index is 464. The van der Waals surface area contributed by atoms with Gasteiger partial charge in [-0.15, -0.1) is 0 Å². The first-order chi connectivity index (χ1) is 9.67. The lowest BCUT2D eigenvalue weighted by Crippen LogP contribution is -2.23. The van der Waals surface area contributed by atoms with Gasteiger partial charge in [-0.2, -0.15) is 0 Å². The second-order valence-corrected chi connectivity index (χ2v) is 5.33.